The Hall–Kier alpha value is -13.0. The van der Waals surface area contributed by atoms with Crippen LogP contribution in [0.5, 0.6) is 57.5 Å². The molecule has 0 aliphatic heterocycles. The third-order valence-electron chi connectivity index (χ3n) is 13.2. The molecule has 494 valence electrons. The van der Waals surface area contributed by atoms with Crippen molar-refractivity contribution < 1.29 is 117 Å². The molecule has 0 aliphatic carbocycles. The first-order valence-electron chi connectivity index (χ1n) is 26.3. The molecule has 0 bridgehead atoms. The summed E-state index contributed by atoms with van der Waals surface area (Å²) in [5.74, 6) is -6.68. The van der Waals surface area contributed by atoms with Crippen LogP contribution in [0.1, 0.15) is 80.2 Å². The number of ether oxygens (including phenoxy) is 9. The minimum absolute atomic E-state index is 0.00449. The second-order valence-electron chi connectivity index (χ2n) is 18.9. The fourth-order valence-corrected chi connectivity index (χ4v) is 8.43. The average Bonchev–Trinajstić information content (AvgIpc) is 0.751. The highest BCUT2D eigenvalue weighted by atomic mass is 16.6. The van der Waals surface area contributed by atoms with Gasteiger partial charge in [0.15, 0.2) is 46.0 Å². The molecule has 7 aromatic carbocycles. The van der Waals surface area contributed by atoms with Crippen molar-refractivity contribution in [2.75, 3.05) is 69.7 Å². The molecule has 11 N–H and O–H groups in total. The Balaban J connectivity index is 0.000000219. The number of fused-ring (bicyclic) bond motifs is 4. The number of carbonyl (C=O) groups is 6. The number of nitrogens with zero attached hydrogens (tertiary/aromatic N) is 4. The second kappa shape index (κ2) is 30.5. The Bertz CT molecular complexity index is 4720. The van der Waals surface area contributed by atoms with Crippen LogP contribution >= 0.6 is 0 Å². The number of benzene rings is 7. The zero-order chi connectivity index (χ0) is 70.5. The van der Waals surface area contributed by atoms with Crippen LogP contribution in [0.3, 0.4) is 0 Å². The van der Waals surface area contributed by atoms with E-state index in [-0.39, 0.29) is 140 Å². The number of phenolic OH excluding ortho intramolecular Hbond substituents is 5. The van der Waals surface area contributed by atoms with E-state index in [0.29, 0.717) is 11.1 Å². The molecule has 0 fully saturated rings. The lowest BCUT2D eigenvalue weighted by Gasteiger charge is -2.12. The quantitative estimate of drug-likeness (QED) is 0.0129. The van der Waals surface area contributed by atoms with Crippen molar-refractivity contribution in [2.45, 2.75) is 20.8 Å². The van der Waals surface area contributed by atoms with Crippen molar-refractivity contribution in [3.8, 4) is 57.5 Å². The molecule has 0 amide bonds. The normalized spacial score (nSPS) is 10.7. The number of aromatic amines is 1. The molecule has 2 aromatic heterocycles. The lowest BCUT2D eigenvalue weighted by Crippen LogP contribution is -2.21. The standard InChI is InChI=1S/C18H16N2O6.C16H12N2O7.C9H9NO6.C9H11NO4.C9H10O4/c1-7-5-10(18(24)26-4)13-14(16(7)22)19-12-9(8(2)21)6-11(25-3)17(23)15(12)20-13;1-5-3-6(15(21)22)9-11(13(5)19)17-10-7(16(23)24)4-8(25-2)14(20)12(10)18-9;1-15-7-4-5(9(12)16-2)3-6(8(7)11)10(13)14;1-13-7-4-5(9(12)14-2)3-6(10)8(7)11;1-12-8-5-6(9(11)13-2)3-4-7(8)10/h5-6,20-21H,1-4H3;3-4,19-20H,1-2H3,(H,21,22)(H,23,24);3-4,11H,1-2H3;3-4,11H,10H2,1-2H3;3-5,10H,1-2H3. The van der Waals surface area contributed by atoms with Gasteiger partial charge in [0, 0.05) is 17.4 Å². The van der Waals surface area contributed by atoms with Crippen LogP contribution in [0.15, 0.2) is 76.3 Å². The molecule has 33 heteroatoms. The van der Waals surface area contributed by atoms with Crippen molar-refractivity contribution >= 4 is 97.1 Å². The maximum absolute atomic E-state index is 12.6. The van der Waals surface area contributed by atoms with Gasteiger partial charge < -0.3 is 94.2 Å². The van der Waals surface area contributed by atoms with Crippen molar-refractivity contribution in [1.82, 2.24) is 19.9 Å². The number of nitrogen functional groups attached to an aromatic ring is 1. The SMILES string of the molecule is COC(=O)c1cc(C)c(=O)c2nc3c(=C(C)O)cc(OC)c(=O)c3[nH]c12.COC(=O)c1cc(N)c(O)c(OC)c1.COC(=O)c1cc(OC)c(O)c([N+](=O)[O-])c1.COC(=O)c1ccc(O)c(OC)c1.COc1cc(C(=O)O)c2nc3c(O)c(C)cc(C(=O)O)c3nc2c1O. The number of nitrogens with two attached hydrogens (primary N) is 1. The zero-order valence-corrected chi connectivity index (χ0v) is 51.6. The van der Waals surface area contributed by atoms with Crippen molar-refractivity contribution in [3.63, 3.8) is 0 Å². The minimum Gasteiger partial charge on any atom is -0.512 e. The Morgan fingerprint density at radius 3 is 1.40 bits per heavy atom. The summed E-state index contributed by atoms with van der Waals surface area (Å²) in [7, 11) is 11.5. The number of H-pyrrole nitrogens is 1. The lowest BCUT2D eigenvalue weighted by atomic mass is 10.1. The summed E-state index contributed by atoms with van der Waals surface area (Å²) in [5.41, 5.74) is 4.02. The van der Waals surface area contributed by atoms with Crippen LogP contribution in [0.2, 0.25) is 0 Å². The number of anilines is 1. The number of aryl methyl sites for hydroxylation is 2. The van der Waals surface area contributed by atoms with E-state index in [9.17, 15) is 89.3 Å². The number of carboxylic acid groups (broad SMARTS) is 2. The third-order valence-corrected chi connectivity index (χ3v) is 13.2. The number of nitro groups is 1. The molecular formula is C61H58N6O27. The number of aromatic carboxylic acids is 2. The summed E-state index contributed by atoms with van der Waals surface area (Å²) < 4.78 is 42.5. The number of aliphatic hydroxyl groups excluding tert-OH is 1. The summed E-state index contributed by atoms with van der Waals surface area (Å²) in [4.78, 5) is 119. The Morgan fingerprint density at radius 2 is 0.915 bits per heavy atom. The Morgan fingerprint density at radius 1 is 0.468 bits per heavy atom. The van der Waals surface area contributed by atoms with E-state index in [1.807, 2.05) is 0 Å². The number of hydrogen-bond acceptors (Lipinski definition) is 29. The summed E-state index contributed by atoms with van der Waals surface area (Å²) in [6.45, 7) is 4.47. The second-order valence-corrected chi connectivity index (χ2v) is 18.9. The van der Waals surface area contributed by atoms with Gasteiger partial charge >= 0.3 is 41.5 Å². The van der Waals surface area contributed by atoms with E-state index in [1.54, 1.807) is 6.92 Å². The maximum Gasteiger partial charge on any atom is 0.340 e. The summed E-state index contributed by atoms with van der Waals surface area (Å²) >= 11 is 0. The molecule has 0 saturated heterocycles. The molecule has 9 aromatic rings. The first-order chi connectivity index (χ1) is 44.3. The van der Waals surface area contributed by atoms with Crippen molar-refractivity contribution in [1.29, 1.82) is 0 Å². The molecule has 0 spiro atoms. The molecule has 33 nitrogen and oxygen atoms in total. The van der Waals surface area contributed by atoms with Gasteiger partial charge in [-0.2, -0.15) is 0 Å². The highest BCUT2D eigenvalue weighted by Gasteiger charge is 2.26. The van der Waals surface area contributed by atoms with Crippen LogP contribution in [-0.4, -0.2) is 166 Å². The van der Waals surface area contributed by atoms with E-state index in [1.165, 1.54) is 119 Å². The number of rotatable bonds is 12. The Kier molecular flexibility index (Phi) is 23.3. The minimum atomic E-state index is -1.34. The summed E-state index contributed by atoms with van der Waals surface area (Å²) in [5, 5.41) is 88.0. The average molecular weight is 1310 g/mol. The smallest absolute Gasteiger partial charge is 0.340 e. The van der Waals surface area contributed by atoms with Gasteiger partial charge in [-0.15, -0.1) is 0 Å². The molecular weight excluding hydrogens is 1250 g/mol. The predicted molar refractivity (Wildman–Crippen MR) is 330 cm³/mol. The van der Waals surface area contributed by atoms with Crippen LogP contribution in [-0.2, 0) is 18.9 Å². The maximum atomic E-state index is 12.6. The van der Waals surface area contributed by atoms with Gasteiger partial charge in [0.2, 0.25) is 16.6 Å². The van der Waals surface area contributed by atoms with E-state index in [2.05, 4.69) is 34.1 Å². The highest BCUT2D eigenvalue weighted by molar-refractivity contribution is 6.10. The number of carboxylic acids is 2. The number of aromatic hydroxyl groups is 5. The Labute approximate surface area is 527 Å². The van der Waals surface area contributed by atoms with Gasteiger partial charge in [-0.05, 0) is 86.5 Å². The van der Waals surface area contributed by atoms with Crippen LogP contribution in [0.25, 0.3) is 49.9 Å². The largest absolute Gasteiger partial charge is 0.512 e. The molecule has 0 radical (unpaired) electrons. The fraction of sp³-hybridized carbons (Fsp3) is 0.197. The van der Waals surface area contributed by atoms with E-state index in [4.69, 9.17) is 34.2 Å². The lowest BCUT2D eigenvalue weighted by molar-refractivity contribution is -0.386. The number of nitro benzene ring substituents is 1. The van der Waals surface area contributed by atoms with E-state index >= 15 is 0 Å². The van der Waals surface area contributed by atoms with Crippen molar-refractivity contribution in [2.24, 2.45) is 0 Å². The first kappa shape index (κ1) is 71.8. The van der Waals surface area contributed by atoms with Gasteiger partial charge in [-0.3, -0.25) is 19.7 Å². The third kappa shape index (κ3) is 15.2. The molecule has 2 heterocycles. The molecule has 9 rings (SSSR count). The zero-order valence-electron chi connectivity index (χ0n) is 51.6. The number of aromatic nitrogens is 4. The predicted octanol–water partition coefficient (Wildman–Crippen LogP) is 5.91. The van der Waals surface area contributed by atoms with Gasteiger partial charge in [0.05, 0.1) is 119 Å². The van der Waals surface area contributed by atoms with E-state index in [0.717, 1.165) is 25.3 Å². The number of esters is 4. The topological polar surface area (TPSA) is 505 Å². The monoisotopic (exact) mass is 1310 g/mol. The number of methoxy groups -OCH3 is 9. The first-order valence-corrected chi connectivity index (χ1v) is 26.3. The van der Waals surface area contributed by atoms with Gasteiger partial charge in [-0.25, -0.2) is 43.7 Å². The van der Waals surface area contributed by atoms with Crippen LogP contribution < -0.4 is 45.5 Å². The van der Waals surface area contributed by atoms with Gasteiger partial charge in [0.1, 0.15) is 44.4 Å². The summed E-state index contributed by atoms with van der Waals surface area (Å²) in [6, 6.07) is 14.1. The molecule has 94 heavy (non-hydrogen) atoms. The van der Waals surface area contributed by atoms with Gasteiger partial charge in [-0.1, -0.05) is 0 Å². The molecule has 0 saturated carbocycles. The summed E-state index contributed by atoms with van der Waals surface area (Å²) in [6.07, 6.45) is 0. The van der Waals surface area contributed by atoms with Crippen LogP contribution in [0.4, 0.5) is 11.4 Å². The molecule has 0 atom stereocenters. The number of carbonyl (C=O) groups excluding carboxylic acids is 4. The van der Waals surface area contributed by atoms with E-state index < -0.39 is 68.8 Å². The van der Waals surface area contributed by atoms with Gasteiger partial charge in [0.25, 0.3) is 0 Å². The highest BCUT2D eigenvalue weighted by Crippen LogP contribution is 2.40. The van der Waals surface area contributed by atoms with Crippen LogP contribution in [0, 0.1) is 24.0 Å². The fourth-order valence-electron chi connectivity index (χ4n) is 8.43. The number of phenols is 5. The number of nitrogens with one attached hydrogen (secondary N) is 1. The molecule has 0 unspecified atom stereocenters. The van der Waals surface area contributed by atoms with Crippen molar-refractivity contribution in [3.05, 3.63) is 147 Å². The molecule has 0 aliphatic rings. The number of hydrogen-bond donors (Lipinski definition) is 10. The number of aliphatic hydroxyl groups is 1.